The number of imidazole rings is 1. The van der Waals surface area contributed by atoms with Crippen LogP contribution < -0.4 is 0 Å². The van der Waals surface area contributed by atoms with Crippen molar-refractivity contribution >= 4 is 16.3 Å². The quantitative estimate of drug-likeness (QED) is 0.817. The van der Waals surface area contributed by atoms with Crippen LogP contribution in [0.15, 0.2) is 0 Å². The van der Waals surface area contributed by atoms with Crippen LogP contribution in [-0.4, -0.2) is 68.8 Å². The predicted octanol–water partition coefficient (Wildman–Crippen LogP) is 2.50. The Morgan fingerprint density at radius 3 is 2.68 bits per heavy atom. The number of aliphatic hydroxyl groups excluding tert-OH is 1. The van der Waals surface area contributed by atoms with E-state index < -0.39 is 0 Å². The van der Waals surface area contributed by atoms with Crippen LogP contribution in [0.5, 0.6) is 0 Å². The Hall–Kier alpha value is -1.02. The molecule has 3 rings (SSSR count). The van der Waals surface area contributed by atoms with Gasteiger partial charge in [-0.15, -0.1) is 0 Å². The van der Waals surface area contributed by atoms with Gasteiger partial charge in [-0.25, -0.2) is 9.50 Å². The molecule has 1 aliphatic heterocycles. The molecule has 25 heavy (non-hydrogen) atoms. The van der Waals surface area contributed by atoms with Gasteiger partial charge in [0.25, 0.3) is 0 Å². The van der Waals surface area contributed by atoms with E-state index in [-0.39, 0.29) is 6.61 Å². The van der Waals surface area contributed by atoms with Crippen molar-refractivity contribution in [2.24, 2.45) is 0 Å². The molecule has 0 unspecified atom stereocenters. The van der Waals surface area contributed by atoms with Crippen LogP contribution in [0.4, 0.5) is 0 Å². The molecule has 1 aliphatic rings. The second-order valence-electron chi connectivity index (χ2n) is 7.48. The third-order valence-corrected chi connectivity index (χ3v) is 6.02. The lowest BCUT2D eigenvalue weighted by atomic mass is 10.0. The lowest BCUT2D eigenvalue weighted by Crippen LogP contribution is -2.43. The molecule has 0 saturated carbocycles. The number of nitrogens with zero attached hydrogens (tertiary/aromatic N) is 5. The molecule has 3 heterocycles. The molecule has 140 valence electrons. The van der Waals surface area contributed by atoms with Gasteiger partial charge in [0.1, 0.15) is 5.01 Å². The van der Waals surface area contributed by atoms with E-state index >= 15 is 0 Å². The van der Waals surface area contributed by atoms with Crippen LogP contribution >= 0.6 is 11.3 Å². The molecule has 0 amide bonds. The SMILES string of the molecule is Cc1nn2c(CN3CCC(N(C)CCCO)CC3)c(C(C)C)nc2s1. The number of aromatic nitrogens is 3. The van der Waals surface area contributed by atoms with Gasteiger partial charge in [0.2, 0.25) is 4.96 Å². The van der Waals surface area contributed by atoms with Gasteiger partial charge in [-0.05, 0) is 39.2 Å². The minimum absolute atomic E-state index is 0.283. The first kappa shape index (κ1) is 18.8. The molecule has 0 bridgehead atoms. The summed E-state index contributed by atoms with van der Waals surface area (Å²) in [4.78, 5) is 10.8. The zero-order valence-corrected chi connectivity index (χ0v) is 16.7. The molecule has 1 saturated heterocycles. The van der Waals surface area contributed by atoms with Gasteiger partial charge >= 0.3 is 0 Å². The van der Waals surface area contributed by atoms with E-state index in [2.05, 4.69) is 40.3 Å². The maximum absolute atomic E-state index is 9.01. The van der Waals surface area contributed by atoms with Crippen LogP contribution in [0, 0.1) is 6.92 Å². The third-order valence-electron chi connectivity index (χ3n) is 5.20. The molecule has 0 atom stereocenters. The van der Waals surface area contributed by atoms with Gasteiger partial charge in [-0.2, -0.15) is 5.10 Å². The number of likely N-dealkylation sites (tertiary alicyclic amines) is 1. The van der Waals surface area contributed by atoms with E-state index in [9.17, 15) is 0 Å². The topological polar surface area (TPSA) is 56.9 Å². The van der Waals surface area contributed by atoms with Gasteiger partial charge in [0.05, 0.1) is 11.4 Å². The van der Waals surface area contributed by atoms with Crippen LogP contribution in [0.2, 0.25) is 0 Å². The van der Waals surface area contributed by atoms with Crippen molar-refractivity contribution in [1.29, 1.82) is 0 Å². The Morgan fingerprint density at radius 1 is 1.32 bits per heavy atom. The second-order valence-corrected chi connectivity index (χ2v) is 8.64. The number of hydrogen-bond donors (Lipinski definition) is 1. The monoisotopic (exact) mass is 365 g/mol. The molecule has 0 spiro atoms. The van der Waals surface area contributed by atoms with E-state index in [1.54, 1.807) is 11.3 Å². The number of aryl methyl sites for hydroxylation is 1. The Kier molecular flexibility index (Phi) is 6.09. The highest BCUT2D eigenvalue weighted by Crippen LogP contribution is 2.26. The summed E-state index contributed by atoms with van der Waals surface area (Å²) in [6.45, 7) is 10.9. The maximum atomic E-state index is 9.01. The first-order chi connectivity index (χ1) is 12.0. The summed E-state index contributed by atoms with van der Waals surface area (Å²) in [5.74, 6) is 0.423. The lowest BCUT2D eigenvalue weighted by Gasteiger charge is -2.36. The Balaban J connectivity index is 1.66. The highest BCUT2D eigenvalue weighted by Gasteiger charge is 2.25. The van der Waals surface area contributed by atoms with Crippen LogP contribution in [0.1, 0.15) is 55.4 Å². The maximum Gasteiger partial charge on any atom is 0.212 e. The van der Waals surface area contributed by atoms with Gasteiger partial charge < -0.3 is 10.0 Å². The lowest BCUT2D eigenvalue weighted by molar-refractivity contribution is 0.116. The van der Waals surface area contributed by atoms with Crippen molar-refractivity contribution in [2.45, 2.75) is 58.5 Å². The molecule has 1 fully saturated rings. The van der Waals surface area contributed by atoms with Crippen LogP contribution in [0.3, 0.4) is 0 Å². The number of hydrogen-bond acceptors (Lipinski definition) is 6. The standard InChI is InChI=1S/C18H31N5OS/c1-13(2)17-16(23-18(19-17)25-14(3)20-23)12-22-9-6-15(7-10-22)21(4)8-5-11-24/h13,15,24H,5-12H2,1-4H3. The van der Waals surface area contributed by atoms with Crippen molar-refractivity contribution in [2.75, 3.05) is 33.3 Å². The Labute approximate surface area is 154 Å². The number of rotatable bonds is 7. The highest BCUT2D eigenvalue weighted by molar-refractivity contribution is 7.16. The minimum Gasteiger partial charge on any atom is -0.396 e. The molecule has 7 heteroatoms. The molecule has 1 N–H and O–H groups in total. The first-order valence-corrected chi connectivity index (χ1v) is 10.2. The van der Waals surface area contributed by atoms with Gasteiger partial charge in [0.15, 0.2) is 0 Å². The fourth-order valence-electron chi connectivity index (χ4n) is 3.74. The van der Waals surface area contributed by atoms with E-state index in [1.807, 2.05) is 6.92 Å². The number of aliphatic hydroxyl groups is 1. The molecule has 2 aromatic rings. The zero-order valence-electron chi connectivity index (χ0n) is 15.9. The molecule has 0 radical (unpaired) electrons. The molecule has 0 aromatic carbocycles. The van der Waals surface area contributed by atoms with Crippen molar-refractivity contribution < 1.29 is 5.11 Å². The number of fused-ring (bicyclic) bond motifs is 1. The molecular formula is C18H31N5OS. The summed E-state index contributed by atoms with van der Waals surface area (Å²) < 4.78 is 2.06. The summed E-state index contributed by atoms with van der Waals surface area (Å²) in [5, 5.41) is 14.8. The van der Waals surface area contributed by atoms with Crippen LogP contribution in [-0.2, 0) is 6.54 Å². The summed E-state index contributed by atoms with van der Waals surface area (Å²) in [7, 11) is 2.19. The minimum atomic E-state index is 0.283. The Bertz CT molecular complexity index is 687. The molecule has 2 aromatic heterocycles. The Morgan fingerprint density at radius 2 is 2.04 bits per heavy atom. The number of piperidine rings is 1. The van der Waals surface area contributed by atoms with E-state index in [4.69, 9.17) is 10.1 Å². The second kappa shape index (κ2) is 8.12. The largest absolute Gasteiger partial charge is 0.396 e. The summed E-state index contributed by atoms with van der Waals surface area (Å²) in [6, 6.07) is 0.638. The highest BCUT2D eigenvalue weighted by atomic mass is 32.1. The summed E-state index contributed by atoms with van der Waals surface area (Å²) >= 11 is 1.67. The van der Waals surface area contributed by atoms with Crippen molar-refractivity contribution in [3.05, 3.63) is 16.4 Å². The van der Waals surface area contributed by atoms with Crippen molar-refractivity contribution in [1.82, 2.24) is 24.4 Å². The molecular weight excluding hydrogens is 334 g/mol. The smallest absolute Gasteiger partial charge is 0.212 e. The molecule has 6 nitrogen and oxygen atoms in total. The van der Waals surface area contributed by atoms with Crippen molar-refractivity contribution in [3.63, 3.8) is 0 Å². The normalized spacial score (nSPS) is 17.4. The van der Waals surface area contributed by atoms with Gasteiger partial charge in [-0.1, -0.05) is 25.2 Å². The van der Waals surface area contributed by atoms with E-state index in [0.29, 0.717) is 12.0 Å². The first-order valence-electron chi connectivity index (χ1n) is 9.38. The fourth-order valence-corrected chi connectivity index (χ4v) is 4.51. The van der Waals surface area contributed by atoms with Crippen molar-refractivity contribution in [3.8, 4) is 0 Å². The van der Waals surface area contributed by atoms with Crippen LogP contribution in [0.25, 0.3) is 4.96 Å². The third kappa shape index (κ3) is 4.22. The summed E-state index contributed by atoms with van der Waals surface area (Å²) in [6.07, 6.45) is 3.25. The van der Waals surface area contributed by atoms with Gasteiger partial charge in [0, 0.05) is 38.8 Å². The van der Waals surface area contributed by atoms with Gasteiger partial charge in [-0.3, -0.25) is 4.90 Å². The summed E-state index contributed by atoms with van der Waals surface area (Å²) in [5.41, 5.74) is 2.46. The zero-order chi connectivity index (χ0) is 18.0. The van der Waals surface area contributed by atoms with E-state index in [1.165, 1.54) is 24.2 Å². The fraction of sp³-hybridized carbons (Fsp3) is 0.778. The van der Waals surface area contributed by atoms with E-state index in [0.717, 1.165) is 42.6 Å². The predicted molar refractivity (Wildman–Crippen MR) is 102 cm³/mol. The average molecular weight is 366 g/mol. The average Bonchev–Trinajstić information content (AvgIpc) is 3.10. The molecule has 0 aliphatic carbocycles.